The van der Waals surface area contributed by atoms with Gasteiger partial charge in [0.25, 0.3) is 5.91 Å². The second kappa shape index (κ2) is 6.73. The molecule has 1 aliphatic heterocycles. The SMILES string of the molecule is Cc1cc(SCC2=NNC(=O)C2=CN(C)C)c(Cl)cc1Cl. The maximum Gasteiger partial charge on any atom is 0.274 e. The van der Waals surface area contributed by atoms with Gasteiger partial charge in [0.2, 0.25) is 0 Å². The zero-order valence-electron chi connectivity index (χ0n) is 11.9. The molecule has 1 N–H and O–H groups in total. The van der Waals surface area contributed by atoms with Crippen LogP contribution in [0.2, 0.25) is 10.0 Å². The van der Waals surface area contributed by atoms with E-state index in [0.717, 1.165) is 10.5 Å². The number of hydrazone groups is 1. The molecule has 0 aromatic heterocycles. The number of hydrogen-bond acceptors (Lipinski definition) is 4. The molecule has 2 rings (SSSR count). The van der Waals surface area contributed by atoms with Crippen LogP contribution in [0.3, 0.4) is 0 Å². The molecule has 0 fully saturated rings. The number of carbonyl (C=O) groups is 1. The lowest BCUT2D eigenvalue weighted by atomic mass is 10.2. The highest BCUT2D eigenvalue weighted by atomic mass is 35.5. The van der Waals surface area contributed by atoms with E-state index in [1.54, 1.807) is 12.3 Å². The zero-order chi connectivity index (χ0) is 15.6. The van der Waals surface area contributed by atoms with Crippen molar-refractivity contribution in [3.8, 4) is 0 Å². The lowest BCUT2D eigenvalue weighted by Crippen LogP contribution is -2.17. The minimum Gasteiger partial charge on any atom is -0.383 e. The number of thioether (sulfide) groups is 1. The predicted molar refractivity (Wildman–Crippen MR) is 89.3 cm³/mol. The summed E-state index contributed by atoms with van der Waals surface area (Å²) in [6.45, 7) is 1.93. The van der Waals surface area contributed by atoms with Gasteiger partial charge in [0.15, 0.2) is 0 Å². The minimum atomic E-state index is -0.183. The first-order valence-electron chi connectivity index (χ1n) is 6.22. The molecule has 7 heteroatoms. The standard InChI is InChI=1S/C14H15Cl2N3OS/c1-8-4-13(11(16)5-10(8)15)21-7-12-9(6-19(2)3)14(20)18-17-12/h4-6H,7H2,1-3H3,(H,18,20). The molecule has 1 aliphatic rings. The van der Waals surface area contributed by atoms with Gasteiger partial charge in [0.1, 0.15) is 0 Å². The van der Waals surface area contributed by atoms with Crippen LogP contribution in [0.4, 0.5) is 0 Å². The molecule has 0 radical (unpaired) electrons. The number of nitrogens with zero attached hydrogens (tertiary/aromatic N) is 2. The van der Waals surface area contributed by atoms with Crippen LogP contribution in [0.15, 0.2) is 33.9 Å². The van der Waals surface area contributed by atoms with Gasteiger partial charge < -0.3 is 4.90 Å². The van der Waals surface area contributed by atoms with Crippen LogP contribution in [-0.2, 0) is 4.79 Å². The Bertz CT molecular complexity index is 641. The van der Waals surface area contributed by atoms with E-state index in [2.05, 4.69) is 10.5 Å². The van der Waals surface area contributed by atoms with Crippen molar-refractivity contribution in [1.82, 2.24) is 10.3 Å². The predicted octanol–water partition coefficient (Wildman–Crippen LogP) is 3.33. The number of aryl methyl sites for hydroxylation is 1. The van der Waals surface area contributed by atoms with Crippen molar-refractivity contribution in [3.63, 3.8) is 0 Å². The average molecular weight is 344 g/mol. The third-order valence-corrected chi connectivity index (χ3v) is 4.71. The van der Waals surface area contributed by atoms with E-state index < -0.39 is 0 Å². The number of rotatable bonds is 4. The van der Waals surface area contributed by atoms with Crippen LogP contribution >= 0.6 is 35.0 Å². The zero-order valence-corrected chi connectivity index (χ0v) is 14.2. The van der Waals surface area contributed by atoms with E-state index >= 15 is 0 Å². The molecular formula is C14H15Cl2N3OS. The second-order valence-corrected chi connectivity index (χ2v) is 6.66. The monoisotopic (exact) mass is 343 g/mol. The van der Waals surface area contributed by atoms with Crippen LogP contribution < -0.4 is 5.43 Å². The summed E-state index contributed by atoms with van der Waals surface area (Å²) in [7, 11) is 3.73. The third kappa shape index (κ3) is 3.93. The van der Waals surface area contributed by atoms with E-state index in [1.807, 2.05) is 32.0 Å². The van der Waals surface area contributed by atoms with E-state index in [4.69, 9.17) is 23.2 Å². The molecule has 1 amide bonds. The van der Waals surface area contributed by atoms with Gasteiger partial charge in [0.05, 0.1) is 16.3 Å². The van der Waals surface area contributed by atoms with Crippen molar-refractivity contribution in [2.45, 2.75) is 11.8 Å². The molecule has 0 bridgehead atoms. The summed E-state index contributed by atoms with van der Waals surface area (Å²) in [6, 6.07) is 3.67. The Morgan fingerprint density at radius 1 is 1.33 bits per heavy atom. The van der Waals surface area contributed by atoms with Crippen LogP contribution in [0.1, 0.15) is 5.56 Å². The summed E-state index contributed by atoms with van der Waals surface area (Å²) < 4.78 is 0. The van der Waals surface area contributed by atoms with Gasteiger partial charge in [-0.1, -0.05) is 23.2 Å². The van der Waals surface area contributed by atoms with Crippen molar-refractivity contribution >= 4 is 46.6 Å². The molecule has 0 aliphatic carbocycles. The summed E-state index contributed by atoms with van der Waals surface area (Å²) in [5.41, 5.74) is 4.74. The van der Waals surface area contributed by atoms with Gasteiger partial charge in [-0.25, -0.2) is 5.43 Å². The van der Waals surface area contributed by atoms with Gasteiger partial charge in [-0.2, -0.15) is 5.10 Å². The van der Waals surface area contributed by atoms with Crippen LogP contribution in [-0.4, -0.2) is 36.4 Å². The number of benzene rings is 1. The van der Waals surface area contributed by atoms with E-state index in [9.17, 15) is 4.79 Å². The number of nitrogens with one attached hydrogen (secondary N) is 1. The molecule has 1 aromatic carbocycles. The Kier molecular flexibility index (Phi) is 5.19. The molecule has 4 nitrogen and oxygen atoms in total. The molecule has 112 valence electrons. The van der Waals surface area contributed by atoms with Crippen molar-refractivity contribution in [2.75, 3.05) is 19.8 Å². The lowest BCUT2D eigenvalue weighted by Gasteiger charge is -2.09. The van der Waals surface area contributed by atoms with Gasteiger partial charge in [0, 0.05) is 36.0 Å². The molecule has 21 heavy (non-hydrogen) atoms. The summed E-state index contributed by atoms with van der Waals surface area (Å²) in [5.74, 6) is 0.372. The Morgan fingerprint density at radius 2 is 2.05 bits per heavy atom. The Morgan fingerprint density at radius 3 is 2.71 bits per heavy atom. The Hall–Kier alpha value is -1.17. The van der Waals surface area contributed by atoms with Crippen LogP contribution in [0, 0.1) is 6.92 Å². The smallest absolute Gasteiger partial charge is 0.274 e. The number of amides is 1. The van der Waals surface area contributed by atoms with Crippen molar-refractivity contribution < 1.29 is 4.79 Å². The topological polar surface area (TPSA) is 44.7 Å². The highest BCUT2D eigenvalue weighted by Crippen LogP contribution is 2.32. The van der Waals surface area contributed by atoms with E-state index in [-0.39, 0.29) is 5.91 Å². The van der Waals surface area contributed by atoms with Crippen LogP contribution in [0.25, 0.3) is 0 Å². The highest BCUT2D eigenvalue weighted by Gasteiger charge is 2.23. The van der Waals surface area contributed by atoms with Gasteiger partial charge >= 0.3 is 0 Å². The highest BCUT2D eigenvalue weighted by molar-refractivity contribution is 8.00. The van der Waals surface area contributed by atoms with Crippen molar-refractivity contribution in [2.24, 2.45) is 5.10 Å². The van der Waals surface area contributed by atoms with Gasteiger partial charge in [-0.05, 0) is 24.6 Å². The normalized spacial score (nSPS) is 16.1. The summed E-state index contributed by atoms with van der Waals surface area (Å²) in [6.07, 6.45) is 1.76. The number of carbonyl (C=O) groups excluding carboxylic acids is 1. The maximum atomic E-state index is 11.7. The maximum absolute atomic E-state index is 11.7. The second-order valence-electron chi connectivity index (χ2n) is 4.83. The molecule has 0 unspecified atom stereocenters. The Labute approximate surface area is 138 Å². The quantitative estimate of drug-likeness (QED) is 0.673. The average Bonchev–Trinajstić information content (AvgIpc) is 2.73. The van der Waals surface area contributed by atoms with Gasteiger partial charge in [-0.3, -0.25) is 4.79 Å². The minimum absolute atomic E-state index is 0.183. The third-order valence-electron chi connectivity index (χ3n) is 2.81. The largest absolute Gasteiger partial charge is 0.383 e. The van der Waals surface area contributed by atoms with Gasteiger partial charge in [-0.15, -0.1) is 11.8 Å². The summed E-state index contributed by atoms with van der Waals surface area (Å²) in [5, 5.41) is 5.32. The first-order chi connectivity index (χ1) is 9.88. The molecule has 0 spiro atoms. The van der Waals surface area contributed by atoms with Crippen LogP contribution in [0.5, 0.6) is 0 Å². The van der Waals surface area contributed by atoms with Crippen molar-refractivity contribution in [3.05, 3.63) is 39.5 Å². The summed E-state index contributed by atoms with van der Waals surface area (Å²) in [4.78, 5) is 14.5. The molecular weight excluding hydrogens is 329 g/mol. The summed E-state index contributed by atoms with van der Waals surface area (Å²) >= 11 is 13.7. The van der Waals surface area contributed by atoms with E-state index in [0.29, 0.717) is 27.1 Å². The fraction of sp³-hybridized carbons (Fsp3) is 0.286. The Balaban J connectivity index is 2.13. The molecule has 0 saturated carbocycles. The molecule has 0 saturated heterocycles. The van der Waals surface area contributed by atoms with Crippen molar-refractivity contribution in [1.29, 1.82) is 0 Å². The number of halogens is 2. The molecule has 0 atom stereocenters. The molecule has 1 heterocycles. The first-order valence-corrected chi connectivity index (χ1v) is 7.96. The van der Waals surface area contributed by atoms with E-state index in [1.165, 1.54) is 11.8 Å². The molecule has 1 aromatic rings. The lowest BCUT2D eigenvalue weighted by molar-refractivity contribution is -0.116. The number of hydrogen-bond donors (Lipinski definition) is 1. The fourth-order valence-corrected chi connectivity index (χ4v) is 3.27. The fourth-order valence-electron chi connectivity index (χ4n) is 1.76. The first kappa shape index (κ1) is 16.2.